The number of nitrogens with one attached hydrogen (secondary N) is 1. The van der Waals surface area contributed by atoms with Crippen molar-refractivity contribution < 1.29 is 13.6 Å². The number of para-hydroxylation sites is 1. The zero-order valence-corrected chi connectivity index (χ0v) is 15.1. The van der Waals surface area contributed by atoms with Crippen molar-refractivity contribution in [1.29, 1.82) is 0 Å². The van der Waals surface area contributed by atoms with Crippen molar-refractivity contribution in [2.24, 2.45) is 4.99 Å². The van der Waals surface area contributed by atoms with E-state index in [9.17, 15) is 18.4 Å². The molecule has 140 valence electrons. The van der Waals surface area contributed by atoms with Gasteiger partial charge in [0.1, 0.15) is 17.9 Å². The Kier molecular flexibility index (Phi) is 3.66. The predicted octanol–water partition coefficient (Wildman–Crippen LogP) is 1.39. The monoisotopic (exact) mass is 398 g/mol. The van der Waals surface area contributed by atoms with Crippen LogP contribution in [0.2, 0.25) is 0 Å². The number of hydrogen-bond acceptors (Lipinski definition) is 5. The van der Waals surface area contributed by atoms with E-state index in [-0.39, 0.29) is 24.8 Å². The molecule has 0 unspecified atom stereocenters. The first-order valence-electron chi connectivity index (χ1n) is 8.42. The molecule has 3 heterocycles. The van der Waals surface area contributed by atoms with E-state index in [1.165, 1.54) is 10.6 Å². The Morgan fingerprint density at radius 1 is 1.07 bits per heavy atom. The number of thiazole rings is 1. The van der Waals surface area contributed by atoms with E-state index in [0.29, 0.717) is 31.8 Å². The number of fused-ring (bicyclic) bond motifs is 2. The SMILES string of the molecule is O=C1Nc2ccccc2/C1=c1/sc2n(c1=O)CN(c1ccc(F)c(F)c1)CN=2. The zero-order valence-electron chi connectivity index (χ0n) is 14.3. The highest BCUT2D eigenvalue weighted by Gasteiger charge is 2.27. The van der Waals surface area contributed by atoms with Gasteiger partial charge in [-0.1, -0.05) is 29.5 Å². The summed E-state index contributed by atoms with van der Waals surface area (Å²) in [7, 11) is 0. The zero-order chi connectivity index (χ0) is 19.4. The number of amides is 1. The number of aromatic nitrogens is 1. The number of carbonyl (C=O) groups excluding carboxylic acids is 1. The maximum atomic E-state index is 13.6. The summed E-state index contributed by atoms with van der Waals surface area (Å²) in [6, 6.07) is 10.7. The van der Waals surface area contributed by atoms with Crippen LogP contribution < -0.4 is 25.1 Å². The maximum absolute atomic E-state index is 13.6. The molecular formula is C19H12F2N4O2S. The van der Waals surface area contributed by atoms with Crippen LogP contribution in [0.1, 0.15) is 5.56 Å². The molecule has 2 aliphatic heterocycles. The highest BCUT2D eigenvalue weighted by molar-refractivity contribution is 7.07. The molecular weight excluding hydrogens is 386 g/mol. The highest BCUT2D eigenvalue weighted by atomic mass is 32.1. The lowest BCUT2D eigenvalue weighted by atomic mass is 10.1. The molecule has 28 heavy (non-hydrogen) atoms. The van der Waals surface area contributed by atoms with Gasteiger partial charge in [0.2, 0.25) is 0 Å². The number of benzene rings is 2. The molecule has 0 bridgehead atoms. The summed E-state index contributed by atoms with van der Waals surface area (Å²) in [5.41, 5.74) is 1.77. The van der Waals surface area contributed by atoms with Gasteiger partial charge in [0, 0.05) is 23.0 Å². The summed E-state index contributed by atoms with van der Waals surface area (Å²) >= 11 is 1.15. The minimum Gasteiger partial charge on any atom is -0.333 e. The maximum Gasteiger partial charge on any atom is 0.272 e. The number of nitrogens with zero attached hydrogens (tertiary/aromatic N) is 3. The van der Waals surface area contributed by atoms with E-state index < -0.39 is 11.6 Å². The van der Waals surface area contributed by atoms with Gasteiger partial charge < -0.3 is 10.2 Å². The molecule has 5 rings (SSSR count). The van der Waals surface area contributed by atoms with Crippen molar-refractivity contribution in [3.8, 4) is 0 Å². The molecule has 0 fully saturated rings. The quantitative estimate of drug-likeness (QED) is 0.674. The molecule has 1 amide bonds. The summed E-state index contributed by atoms with van der Waals surface area (Å²) in [6.45, 7) is 0.332. The molecule has 1 N–H and O–H groups in total. The predicted molar refractivity (Wildman–Crippen MR) is 101 cm³/mol. The lowest BCUT2D eigenvalue weighted by Gasteiger charge is -2.25. The topological polar surface area (TPSA) is 66.7 Å². The summed E-state index contributed by atoms with van der Waals surface area (Å²) in [4.78, 5) is 32.0. The van der Waals surface area contributed by atoms with Gasteiger partial charge in [0.15, 0.2) is 16.4 Å². The molecule has 0 aliphatic carbocycles. The number of carbonyl (C=O) groups is 1. The van der Waals surface area contributed by atoms with E-state index in [2.05, 4.69) is 10.3 Å². The first-order chi connectivity index (χ1) is 13.5. The second-order valence-electron chi connectivity index (χ2n) is 6.40. The number of anilines is 2. The molecule has 2 aliphatic rings. The summed E-state index contributed by atoms with van der Waals surface area (Å²) < 4.78 is 28.5. The van der Waals surface area contributed by atoms with Gasteiger partial charge in [0.05, 0.1) is 5.57 Å². The van der Waals surface area contributed by atoms with Crippen LogP contribution in [0, 0.1) is 11.6 Å². The average molecular weight is 398 g/mol. The van der Waals surface area contributed by atoms with Crippen LogP contribution in [0.25, 0.3) is 5.57 Å². The second-order valence-corrected chi connectivity index (χ2v) is 7.38. The van der Waals surface area contributed by atoms with Gasteiger partial charge in [-0.2, -0.15) is 0 Å². The number of halogens is 2. The molecule has 0 radical (unpaired) electrons. The Hall–Kier alpha value is -3.33. The van der Waals surface area contributed by atoms with Crippen LogP contribution in [-0.2, 0) is 11.5 Å². The standard InChI is InChI=1S/C19H12F2N4O2S/c20-12-6-5-10(7-13(12)21)24-8-22-19-25(9-24)18(27)16(28-19)15-11-3-1-2-4-14(11)23-17(15)26/h1-7H,8-9H2,(H,23,26)/b16-15-. The van der Waals surface area contributed by atoms with Crippen LogP contribution in [0.5, 0.6) is 0 Å². The molecule has 6 nitrogen and oxygen atoms in total. The average Bonchev–Trinajstić information content (AvgIpc) is 3.19. The van der Waals surface area contributed by atoms with E-state index in [4.69, 9.17) is 0 Å². The van der Waals surface area contributed by atoms with E-state index in [1.54, 1.807) is 23.1 Å². The third kappa shape index (κ3) is 2.47. The van der Waals surface area contributed by atoms with Crippen molar-refractivity contribution in [3.63, 3.8) is 0 Å². The fraction of sp³-hybridized carbons (Fsp3) is 0.105. The highest BCUT2D eigenvalue weighted by Crippen LogP contribution is 2.29. The summed E-state index contributed by atoms with van der Waals surface area (Å²) in [5.74, 6) is -2.22. The van der Waals surface area contributed by atoms with Crippen molar-refractivity contribution in [2.75, 3.05) is 16.9 Å². The minimum atomic E-state index is -0.962. The fourth-order valence-electron chi connectivity index (χ4n) is 3.35. The molecule has 2 aromatic carbocycles. The molecule has 0 saturated carbocycles. The Bertz CT molecular complexity index is 1330. The van der Waals surface area contributed by atoms with Crippen molar-refractivity contribution in [1.82, 2.24) is 4.57 Å². The minimum absolute atomic E-state index is 0.135. The Morgan fingerprint density at radius 3 is 2.71 bits per heavy atom. The second kappa shape index (κ2) is 6.10. The number of rotatable bonds is 1. The smallest absolute Gasteiger partial charge is 0.272 e. The van der Waals surface area contributed by atoms with Crippen molar-refractivity contribution >= 4 is 34.2 Å². The van der Waals surface area contributed by atoms with Gasteiger partial charge in [-0.05, 0) is 18.2 Å². The molecule has 0 atom stereocenters. The molecule has 0 saturated heterocycles. The number of hydrogen-bond donors (Lipinski definition) is 1. The van der Waals surface area contributed by atoms with Crippen LogP contribution in [0.3, 0.4) is 0 Å². The Morgan fingerprint density at radius 2 is 1.89 bits per heavy atom. The van der Waals surface area contributed by atoms with Gasteiger partial charge in [-0.15, -0.1) is 0 Å². The molecule has 1 aromatic heterocycles. The lowest BCUT2D eigenvalue weighted by Crippen LogP contribution is -2.43. The van der Waals surface area contributed by atoms with E-state index in [1.807, 2.05) is 6.07 Å². The normalized spacial score (nSPS) is 17.1. The Balaban J connectivity index is 1.63. The van der Waals surface area contributed by atoms with E-state index >= 15 is 0 Å². The molecule has 9 heteroatoms. The Labute approximate surface area is 160 Å². The largest absolute Gasteiger partial charge is 0.333 e. The summed E-state index contributed by atoms with van der Waals surface area (Å²) in [5, 5.41) is 2.76. The van der Waals surface area contributed by atoms with Crippen LogP contribution in [-0.4, -0.2) is 17.1 Å². The van der Waals surface area contributed by atoms with E-state index in [0.717, 1.165) is 23.5 Å². The summed E-state index contributed by atoms with van der Waals surface area (Å²) in [6.07, 6.45) is 0. The van der Waals surface area contributed by atoms with Gasteiger partial charge in [0.25, 0.3) is 11.5 Å². The van der Waals surface area contributed by atoms with Crippen LogP contribution in [0.15, 0.2) is 52.3 Å². The first kappa shape index (κ1) is 16.8. The van der Waals surface area contributed by atoms with Gasteiger partial charge in [-0.25, -0.2) is 13.8 Å². The van der Waals surface area contributed by atoms with Gasteiger partial charge >= 0.3 is 0 Å². The van der Waals surface area contributed by atoms with Crippen LogP contribution >= 0.6 is 11.3 Å². The van der Waals surface area contributed by atoms with Crippen molar-refractivity contribution in [3.05, 3.63) is 79.4 Å². The fourth-order valence-corrected chi connectivity index (χ4v) is 4.41. The lowest BCUT2D eigenvalue weighted by molar-refractivity contribution is -0.110. The third-order valence-electron chi connectivity index (χ3n) is 4.72. The van der Waals surface area contributed by atoms with Gasteiger partial charge in [-0.3, -0.25) is 14.2 Å². The first-order valence-corrected chi connectivity index (χ1v) is 9.24. The third-order valence-corrected chi connectivity index (χ3v) is 5.83. The molecule has 0 spiro atoms. The molecule has 3 aromatic rings. The van der Waals surface area contributed by atoms with Crippen LogP contribution in [0.4, 0.5) is 20.2 Å². The van der Waals surface area contributed by atoms with Crippen molar-refractivity contribution in [2.45, 2.75) is 6.67 Å².